The second kappa shape index (κ2) is 3.97. The van der Waals surface area contributed by atoms with E-state index in [0.717, 1.165) is 12.3 Å². The van der Waals surface area contributed by atoms with Gasteiger partial charge in [0.2, 0.25) is 0 Å². The SMILES string of the molecule is CC1CC(N[C@H]2CCCC[C@@H]2O)C1. The average Bonchev–Trinajstić information content (AvgIpc) is 2.06. The molecule has 2 rings (SSSR count). The van der Waals surface area contributed by atoms with E-state index in [1.807, 2.05) is 0 Å². The Bertz CT molecular complexity index is 165. The van der Waals surface area contributed by atoms with Crippen LogP contribution in [0.25, 0.3) is 0 Å². The maximum absolute atomic E-state index is 9.74. The van der Waals surface area contributed by atoms with E-state index in [4.69, 9.17) is 0 Å². The van der Waals surface area contributed by atoms with Gasteiger partial charge in [-0.05, 0) is 31.6 Å². The molecule has 2 nitrogen and oxygen atoms in total. The lowest BCUT2D eigenvalue weighted by Gasteiger charge is -2.39. The van der Waals surface area contributed by atoms with Crippen molar-refractivity contribution >= 4 is 0 Å². The molecule has 2 saturated carbocycles. The summed E-state index contributed by atoms with van der Waals surface area (Å²) < 4.78 is 0. The predicted octanol–water partition coefficient (Wildman–Crippen LogP) is 1.68. The van der Waals surface area contributed by atoms with Crippen LogP contribution < -0.4 is 5.32 Å². The Morgan fingerprint density at radius 2 is 1.85 bits per heavy atom. The second-order valence-electron chi connectivity index (χ2n) is 4.90. The van der Waals surface area contributed by atoms with E-state index in [-0.39, 0.29) is 6.10 Å². The predicted molar refractivity (Wildman–Crippen MR) is 53.6 cm³/mol. The van der Waals surface area contributed by atoms with Crippen molar-refractivity contribution in [2.75, 3.05) is 0 Å². The Morgan fingerprint density at radius 1 is 1.15 bits per heavy atom. The van der Waals surface area contributed by atoms with Crippen LogP contribution in [0.3, 0.4) is 0 Å². The van der Waals surface area contributed by atoms with Crippen LogP contribution in [0.5, 0.6) is 0 Å². The van der Waals surface area contributed by atoms with Crippen molar-refractivity contribution in [3.8, 4) is 0 Å². The first-order valence-electron chi connectivity index (χ1n) is 5.70. The summed E-state index contributed by atoms with van der Waals surface area (Å²) in [6.45, 7) is 2.30. The van der Waals surface area contributed by atoms with Gasteiger partial charge in [0.05, 0.1) is 6.10 Å². The average molecular weight is 183 g/mol. The molecular weight excluding hydrogens is 162 g/mol. The topological polar surface area (TPSA) is 32.3 Å². The normalized spacial score (nSPS) is 45.7. The van der Waals surface area contributed by atoms with E-state index in [1.54, 1.807) is 0 Å². The molecular formula is C11H21NO. The minimum absolute atomic E-state index is 0.0790. The lowest BCUT2D eigenvalue weighted by molar-refractivity contribution is 0.0710. The fourth-order valence-corrected chi connectivity index (χ4v) is 2.65. The number of rotatable bonds is 2. The van der Waals surface area contributed by atoms with Crippen LogP contribution in [-0.4, -0.2) is 23.3 Å². The number of nitrogens with one attached hydrogen (secondary N) is 1. The van der Waals surface area contributed by atoms with Gasteiger partial charge in [-0.2, -0.15) is 0 Å². The fraction of sp³-hybridized carbons (Fsp3) is 1.00. The number of hydrogen-bond donors (Lipinski definition) is 2. The smallest absolute Gasteiger partial charge is 0.0693 e. The molecule has 0 amide bonds. The molecule has 0 aromatic rings. The molecule has 0 aromatic carbocycles. The summed E-state index contributed by atoms with van der Waals surface area (Å²) in [7, 11) is 0. The first-order valence-corrected chi connectivity index (χ1v) is 5.70. The summed E-state index contributed by atoms with van der Waals surface area (Å²) in [5.41, 5.74) is 0. The standard InChI is InChI=1S/C11H21NO/c1-8-6-9(7-8)12-10-4-2-3-5-11(10)13/h8-13H,2-7H2,1H3/t8?,9?,10-,11-/m0/s1. The van der Waals surface area contributed by atoms with E-state index < -0.39 is 0 Å². The molecule has 0 bridgehead atoms. The Kier molecular flexibility index (Phi) is 2.89. The maximum atomic E-state index is 9.74. The molecule has 0 spiro atoms. The zero-order valence-corrected chi connectivity index (χ0v) is 8.50. The third-order valence-electron chi connectivity index (χ3n) is 3.55. The van der Waals surface area contributed by atoms with Crippen molar-refractivity contribution < 1.29 is 5.11 Å². The van der Waals surface area contributed by atoms with Crippen molar-refractivity contribution in [2.45, 2.75) is 63.6 Å². The van der Waals surface area contributed by atoms with Crippen LogP contribution in [0.2, 0.25) is 0 Å². The van der Waals surface area contributed by atoms with Gasteiger partial charge in [-0.15, -0.1) is 0 Å². The van der Waals surface area contributed by atoms with E-state index in [9.17, 15) is 5.11 Å². The Hall–Kier alpha value is -0.0800. The summed E-state index contributed by atoms with van der Waals surface area (Å²) in [5.74, 6) is 0.901. The summed E-state index contributed by atoms with van der Waals surface area (Å²) in [4.78, 5) is 0. The fourth-order valence-electron chi connectivity index (χ4n) is 2.65. The molecule has 13 heavy (non-hydrogen) atoms. The highest BCUT2D eigenvalue weighted by Crippen LogP contribution is 2.28. The van der Waals surface area contributed by atoms with Gasteiger partial charge in [0.1, 0.15) is 0 Å². The van der Waals surface area contributed by atoms with Crippen LogP contribution in [0.1, 0.15) is 45.4 Å². The van der Waals surface area contributed by atoms with Crippen molar-refractivity contribution in [3.63, 3.8) is 0 Å². The summed E-state index contributed by atoms with van der Waals surface area (Å²) in [6.07, 6.45) is 7.21. The number of hydrogen-bond acceptors (Lipinski definition) is 2. The monoisotopic (exact) mass is 183 g/mol. The zero-order chi connectivity index (χ0) is 9.26. The molecule has 0 aromatic heterocycles. The Morgan fingerprint density at radius 3 is 2.46 bits per heavy atom. The lowest BCUT2D eigenvalue weighted by atomic mass is 9.80. The molecule has 0 aliphatic heterocycles. The van der Waals surface area contributed by atoms with Crippen molar-refractivity contribution in [1.82, 2.24) is 5.32 Å². The van der Waals surface area contributed by atoms with Gasteiger partial charge in [0, 0.05) is 12.1 Å². The van der Waals surface area contributed by atoms with Crippen LogP contribution in [0.15, 0.2) is 0 Å². The van der Waals surface area contributed by atoms with Gasteiger partial charge in [-0.25, -0.2) is 0 Å². The third kappa shape index (κ3) is 2.23. The molecule has 2 heteroatoms. The molecule has 0 unspecified atom stereocenters. The third-order valence-corrected chi connectivity index (χ3v) is 3.55. The molecule has 0 saturated heterocycles. The van der Waals surface area contributed by atoms with E-state index in [2.05, 4.69) is 12.2 Å². The van der Waals surface area contributed by atoms with Gasteiger partial charge >= 0.3 is 0 Å². The Balaban J connectivity index is 1.73. The summed E-state index contributed by atoms with van der Waals surface area (Å²) in [6, 6.07) is 1.10. The van der Waals surface area contributed by atoms with Crippen LogP contribution in [0.4, 0.5) is 0 Å². The van der Waals surface area contributed by atoms with E-state index >= 15 is 0 Å². The van der Waals surface area contributed by atoms with Gasteiger partial charge in [-0.1, -0.05) is 19.8 Å². The van der Waals surface area contributed by atoms with Crippen molar-refractivity contribution in [2.24, 2.45) is 5.92 Å². The summed E-state index contributed by atoms with van der Waals surface area (Å²) in [5, 5.41) is 13.3. The maximum Gasteiger partial charge on any atom is 0.0693 e. The van der Waals surface area contributed by atoms with E-state index in [0.29, 0.717) is 12.1 Å². The summed E-state index contributed by atoms with van der Waals surface area (Å²) >= 11 is 0. The first kappa shape index (κ1) is 9.47. The molecule has 2 aliphatic carbocycles. The number of aliphatic hydroxyl groups is 1. The van der Waals surface area contributed by atoms with Gasteiger partial charge in [0.15, 0.2) is 0 Å². The minimum atomic E-state index is -0.0790. The largest absolute Gasteiger partial charge is 0.392 e. The van der Waals surface area contributed by atoms with Crippen LogP contribution >= 0.6 is 0 Å². The molecule has 2 atom stereocenters. The van der Waals surface area contributed by atoms with Gasteiger partial charge < -0.3 is 10.4 Å². The molecule has 2 aliphatic rings. The quantitative estimate of drug-likeness (QED) is 0.682. The molecule has 0 heterocycles. The molecule has 0 radical (unpaired) electrons. The van der Waals surface area contributed by atoms with Crippen LogP contribution in [0, 0.1) is 5.92 Å². The lowest BCUT2D eigenvalue weighted by Crippen LogP contribution is -2.51. The highest BCUT2D eigenvalue weighted by molar-refractivity contribution is 4.89. The highest BCUT2D eigenvalue weighted by atomic mass is 16.3. The minimum Gasteiger partial charge on any atom is -0.392 e. The Labute approximate surface area is 80.7 Å². The molecule has 2 fully saturated rings. The van der Waals surface area contributed by atoms with Crippen molar-refractivity contribution in [3.05, 3.63) is 0 Å². The van der Waals surface area contributed by atoms with Gasteiger partial charge in [0.25, 0.3) is 0 Å². The number of aliphatic hydroxyl groups excluding tert-OH is 1. The first-order chi connectivity index (χ1) is 6.25. The van der Waals surface area contributed by atoms with Crippen LogP contribution in [-0.2, 0) is 0 Å². The highest BCUT2D eigenvalue weighted by Gasteiger charge is 2.30. The van der Waals surface area contributed by atoms with Crippen molar-refractivity contribution in [1.29, 1.82) is 0 Å². The molecule has 76 valence electrons. The second-order valence-corrected chi connectivity index (χ2v) is 4.90. The zero-order valence-electron chi connectivity index (χ0n) is 8.50. The van der Waals surface area contributed by atoms with Gasteiger partial charge in [-0.3, -0.25) is 0 Å². The molecule has 2 N–H and O–H groups in total. The van der Waals surface area contributed by atoms with E-state index in [1.165, 1.54) is 32.1 Å².